The molecule has 0 aliphatic carbocycles. The van der Waals surface area contributed by atoms with Crippen LogP contribution in [0.15, 0.2) is 30.3 Å². The molecule has 0 radical (unpaired) electrons. The van der Waals surface area contributed by atoms with E-state index in [9.17, 15) is 9.59 Å². The van der Waals surface area contributed by atoms with E-state index in [1.165, 1.54) is 0 Å². The minimum atomic E-state index is -0.773. The molecule has 21 heavy (non-hydrogen) atoms. The number of rotatable bonds is 6. The van der Waals surface area contributed by atoms with Crippen LogP contribution in [-0.4, -0.2) is 42.0 Å². The van der Waals surface area contributed by atoms with Gasteiger partial charge in [-0.3, -0.25) is 9.59 Å². The van der Waals surface area contributed by atoms with E-state index >= 15 is 0 Å². The molecule has 2 N–H and O–H groups in total. The number of carbonyl (C=O) groups is 2. The number of carbonyl (C=O) groups excluding carboxylic acids is 2. The summed E-state index contributed by atoms with van der Waals surface area (Å²) < 4.78 is 5.62. The molecule has 1 aliphatic heterocycles. The van der Waals surface area contributed by atoms with Crippen LogP contribution in [0.2, 0.25) is 0 Å². The van der Waals surface area contributed by atoms with Crippen molar-refractivity contribution in [2.24, 2.45) is 5.73 Å². The minimum Gasteiger partial charge on any atom is -0.367 e. The van der Waals surface area contributed by atoms with Crippen LogP contribution in [0.4, 0.5) is 0 Å². The Balaban J connectivity index is 2.09. The maximum absolute atomic E-state index is 12.6. The quantitative estimate of drug-likeness (QED) is 0.853. The number of amides is 2. The van der Waals surface area contributed by atoms with Gasteiger partial charge in [0.15, 0.2) is 0 Å². The van der Waals surface area contributed by atoms with Gasteiger partial charge >= 0.3 is 0 Å². The van der Waals surface area contributed by atoms with E-state index in [1.54, 1.807) is 11.8 Å². The molecule has 1 aromatic carbocycles. The Kier molecular flexibility index (Phi) is 5.33. The summed E-state index contributed by atoms with van der Waals surface area (Å²) in [6.07, 6.45) is 1.07. The van der Waals surface area contributed by atoms with Crippen LogP contribution in [-0.2, 0) is 20.7 Å². The molecule has 1 aromatic rings. The summed E-state index contributed by atoms with van der Waals surface area (Å²) in [7, 11) is 0. The van der Waals surface area contributed by atoms with Gasteiger partial charge in [-0.25, -0.2) is 0 Å². The molecule has 5 nitrogen and oxygen atoms in total. The molecule has 1 aliphatic rings. The highest BCUT2D eigenvalue weighted by Gasteiger charge is 2.29. The van der Waals surface area contributed by atoms with Crippen molar-refractivity contribution in [2.45, 2.75) is 38.4 Å². The Morgan fingerprint density at radius 3 is 2.43 bits per heavy atom. The zero-order chi connectivity index (χ0) is 15.2. The molecular weight excluding hydrogens is 268 g/mol. The Bertz CT molecular complexity index is 484. The third kappa shape index (κ3) is 4.29. The Hall–Kier alpha value is -1.88. The molecule has 1 fully saturated rings. The van der Waals surface area contributed by atoms with E-state index in [0.29, 0.717) is 6.42 Å². The molecule has 2 amide bonds. The molecule has 2 atom stereocenters. The van der Waals surface area contributed by atoms with Gasteiger partial charge in [-0.2, -0.15) is 0 Å². The fourth-order valence-electron chi connectivity index (χ4n) is 2.48. The van der Waals surface area contributed by atoms with Crippen molar-refractivity contribution in [3.05, 3.63) is 35.9 Å². The maximum Gasteiger partial charge on any atom is 0.252 e. The molecular formula is C16H22N2O3. The summed E-state index contributed by atoms with van der Waals surface area (Å²) in [4.78, 5) is 25.6. The van der Waals surface area contributed by atoms with Crippen molar-refractivity contribution >= 4 is 11.8 Å². The minimum absolute atomic E-state index is 0.0514. The van der Waals surface area contributed by atoms with Crippen molar-refractivity contribution in [1.29, 1.82) is 0 Å². The fourth-order valence-corrected chi connectivity index (χ4v) is 2.48. The average molecular weight is 290 g/mol. The predicted molar refractivity (Wildman–Crippen MR) is 79.5 cm³/mol. The van der Waals surface area contributed by atoms with Crippen LogP contribution in [0.1, 0.15) is 25.3 Å². The second-order valence-electron chi connectivity index (χ2n) is 5.39. The first-order valence-corrected chi connectivity index (χ1v) is 7.35. The molecule has 1 unspecified atom stereocenters. The smallest absolute Gasteiger partial charge is 0.252 e. The zero-order valence-corrected chi connectivity index (χ0v) is 12.3. The van der Waals surface area contributed by atoms with Crippen LogP contribution in [0.3, 0.4) is 0 Å². The molecule has 0 spiro atoms. The Morgan fingerprint density at radius 2 is 1.86 bits per heavy atom. The van der Waals surface area contributed by atoms with Crippen LogP contribution in [0, 0.1) is 0 Å². The van der Waals surface area contributed by atoms with Crippen LogP contribution >= 0.6 is 0 Å². The fraction of sp³-hybridized carbons (Fsp3) is 0.500. The van der Waals surface area contributed by atoms with E-state index in [-0.39, 0.29) is 5.91 Å². The van der Waals surface area contributed by atoms with Crippen molar-refractivity contribution in [3.63, 3.8) is 0 Å². The standard InChI is InChI=1S/C16H22N2O3/c1-12(15(17)19)21-14(11-13-7-3-2-4-8-13)16(20)18-9-5-6-10-18/h2-4,7-8,12,14H,5-6,9-11H2,1H3,(H2,17,19)/t12?,14-/m0/s1. The number of nitrogens with two attached hydrogens (primary N) is 1. The summed E-state index contributed by atoms with van der Waals surface area (Å²) in [5.74, 6) is -0.605. The summed E-state index contributed by atoms with van der Waals surface area (Å²) in [6.45, 7) is 3.11. The molecule has 2 rings (SSSR count). The normalized spacial score (nSPS) is 17.5. The summed E-state index contributed by atoms with van der Waals surface area (Å²) in [5.41, 5.74) is 6.25. The third-order valence-electron chi connectivity index (χ3n) is 3.73. The molecule has 0 bridgehead atoms. The van der Waals surface area contributed by atoms with Crippen molar-refractivity contribution in [2.75, 3.05) is 13.1 Å². The van der Waals surface area contributed by atoms with E-state index in [2.05, 4.69) is 0 Å². The van der Waals surface area contributed by atoms with Gasteiger partial charge in [-0.05, 0) is 25.3 Å². The molecule has 0 saturated carbocycles. The Morgan fingerprint density at radius 1 is 1.24 bits per heavy atom. The lowest BCUT2D eigenvalue weighted by Gasteiger charge is -2.25. The van der Waals surface area contributed by atoms with Gasteiger partial charge in [0, 0.05) is 19.5 Å². The van der Waals surface area contributed by atoms with Gasteiger partial charge in [0.05, 0.1) is 0 Å². The van der Waals surface area contributed by atoms with Gasteiger partial charge in [-0.1, -0.05) is 30.3 Å². The first-order chi connectivity index (χ1) is 10.1. The second-order valence-corrected chi connectivity index (χ2v) is 5.39. The van der Waals surface area contributed by atoms with E-state index in [4.69, 9.17) is 10.5 Å². The summed E-state index contributed by atoms with van der Waals surface area (Å²) >= 11 is 0. The monoisotopic (exact) mass is 290 g/mol. The highest BCUT2D eigenvalue weighted by atomic mass is 16.5. The molecule has 1 saturated heterocycles. The van der Waals surface area contributed by atoms with Gasteiger partial charge in [-0.15, -0.1) is 0 Å². The number of benzene rings is 1. The number of likely N-dealkylation sites (tertiary alicyclic amines) is 1. The number of primary amides is 1. The number of hydrogen-bond acceptors (Lipinski definition) is 3. The molecule has 5 heteroatoms. The topological polar surface area (TPSA) is 72.6 Å². The first-order valence-electron chi connectivity index (χ1n) is 7.35. The first kappa shape index (κ1) is 15.5. The average Bonchev–Trinajstić information content (AvgIpc) is 3.01. The van der Waals surface area contributed by atoms with E-state index in [0.717, 1.165) is 31.5 Å². The van der Waals surface area contributed by atoms with Gasteiger partial charge in [0.25, 0.3) is 5.91 Å². The summed E-state index contributed by atoms with van der Waals surface area (Å²) in [6, 6.07) is 9.66. The molecule has 1 heterocycles. The highest BCUT2D eigenvalue weighted by Crippen LogP contribution is 2.15. The predicted octanol–water partition coefficient (Wildman–Crippen LogP) is 1.11. The summed E-state index contributed by atoms with van der Waals surface area (Å²) in [5, 5.41) is 0. The number of nitrogens with zero attached hydrogens (tertiary/aromatic N) is 1. The van der Waals surface area contributed by atoms with Crippen LogP contribution < -0.4 is 5.73 Å². The van der Waals surface area contributed by atoms with Gasteiger partial charge in [0.1, 0.15) is 12.2 Å². The van der Waals surface area contributed by atoms with Crippen molar-refractivity contribution < 1.29 is 14.3 Å². The number of hydrogen-bond donors (Lipinski definition) is 1. The lowest BCUT2D eigenvalue weighted by Crippen LogP contribution is -2.43. The van der Waals surface area contributed by atoms with E-state index in [1.807, 2.05) is 30.3 Å². The molecule has 0 aromatic heterocycles. The van der Waals surface area contributed by atoms with Crippen molar-refractivity contribution in [1.82, 2.24) is 4.90 Å². The van der Waals surface area contributed by atoms with Gasteiger partial charge < -0.3 is 15.4 Å². The maximum atomic E-state index is 12.6. The lowest BCUT2D eigenvalue weighted by atomic mass is 10.1. The Labute approximate surface area is 125 Å². The van der Waals surface area contributed by atoms with Crippen LogP contribution in [0.25, 0.3) is 0 Å². The second kappa shape index (κ2) is 7.22. The number of ether oxygens (including phenoxy) is 1. The molecule has 114 valence electrons. The van der Waals surface area contributed by atoms with Crippen LogP contribution in [0.5, 0.6) is 0 Å². The highest BCUT2D eigenvalue weighted by molar-refractivity contribution is 5.83. The van der Waals surface area contributed by atoms with Gasteiger partial charge in [0.2, 0.25) is 5.91 Å². The largest absolute Gasteiger partial charge is 0.367 e. The zero-order valence-electron chi connectivity index (χ0n) is 12.3. The van der Waals surface area contributed by atoms with Crippen molar-refractivity contribution in [3.8, 4) is 0 Å². The van der Waals surface area contributed by atoms with E-state index < -0.39 is 18.1 Å². The lowest BCUT2D eigenvalue weighted by molar-refractivity contribution is -0.150. The third-order valence-corrected chi connectivity index (χ3v) is 3.73. The SMILES string of the molecule is CC(O[C@@H](Cc1ccccc1)C(=O)N1CCCC1)C(N)=O.